The van der Waals surface area contributed by atoms with Crippen LogP contribution in [-0.4, -0.2) is 67.9 Å². The molecule has 3 atom stereocenters. The predicted octanol–water partition coefficient (Wildman–Crippen LogP) is 4.65. The number of aliphatic carboxylic acids is 1. The molecule has 0 aromatic heterocycles. The van der Waals surface area contributed by atoms with Crippen LogP contribution < -0.4 is 14.2 Å². The lowest BCUT2D eigenvalue weighted by Crippen LogP contribution is -2.29. The lowest BCUT2D eigenvalue weighted by molar-refractivity contribution is -0.143. The summed E-state index contributed by atoms with van der Waals surface area (Å²) in [6, 6.07) is 13.1. The summed E-state index contributed by atoms with van der Waals surface area (Å²) in [5.74, 6) is 1.82. The first-order chi connectivity index (χ1) is 17.6. The van der Waals surface area contributed by atoms with Crippen molar-refractivity contribution in [3.05, 3.63) is 53.6 Å². The largest absolute Gasteiger partial charge is 0.497 e. The smallest absolute Gasteiger partial charge is 0.309 e. The fraction of sp³-hybridized carbons (Fsp3) is 0.517. The van der Waals surface area contributed by atoms with Crippen molar-refractivity contribution in [1.82, 2.24) is 9.80 Å². The molecule has 1 fully saturated rings. The molecule has 2 aromatic carbocycles. The second-order valence-electron chi connectivity index (χ2n) is 10.6. The molecule has 0 saturated carbocycles. The molecule has 8 heteroatoms. The summed E-state index contributed by atoms with van der Waals surface area (Å²) in [5, 5.41) is 9.98. The van der Waals surface area contributed by atoms with Gasteiger partial charge in [-0.3, -0.25) is 14.5 Å². The fourth-order valence-corrected chi connectivity index (χ4v) is 5.16. The number of methoxy groups -OCH3 is 1. The topological polar surface area (TPSA) is 88.5 Å². The van der Waals surface area contributed by atoms with Crippen LogP contribution in [-0.2, 0) is 9.59 Å². The van der Waals surface area contributed by atoms with Gasteiger partial charge in [-0.15, -0.1) is 0 Å². The SMILES string of the molecule is CC(C)CN(C=O)CC(C)C.COc1ccc(C2C(C(=O)O)C(c3ccc4c(c3)OCO4)CN2C)cc1. The summed E-state index contributed by atoms with van der Waals surface area (Å²) in [5.41, 5.74) is 1.94. The molecule has 4 rings (SSSR count). The molecule has 2 aromatic rings. The number of carboxylic acid groups (broad SMARTS) is 1. The molecule has 0 bridgehead atoms. The molecule has 2 aliphatic heterocycles. The number of carbonyl (C=O) groups excluding carboxylic acids is 1. The zero-order chi connectivity index (χ0) is 27.1. The Balaban J connectivity index is 0.000000295. The zero-order valence-corrected chi connectivity index (χ0v) is 22.7. The van der Waals surface area contributed by atoms with E-state index in [-0.39, 0.29) is 18.8 Å². The minimum Gasteiger partial charge on any atom is -0.497 e. The summed E-state index contributed by atoms with van der Waals surface area (Å²) in [4.78, 5) is 26.6. The molecule has 1 amide bonds. The van der Waals surface area contributed by atoms with E-state index in [4.69, 9.17) is 14.2 Å². The first-order valence-electron chi connectivity index (χ1n) is 12.8. The van der Waals surface area contributed by atoms with Crippen molar-refractivity contribution in [2.24, 2.45) is 17.8 Å². The number of likely N-dealkylation sites (tertiary alicyclic amines) is 1. The number of rotatable bonds is 9. The van der Waals surface area contributed by atoms with Gasteiger partial charge in [-0.1, -0.05) is 45.9 Å². The Kier molecular flexibility index (Phi) is 9.80. The van der Waals surface area contributed by atoms with Crippen molar-refractivity contribution in [3.8, 4) is 17.2 Å². The highest BCUT2D eigenvalue weighted by atomic mass is 16.7. The molecule has 0 spiro atoms. The first kappa shape index (κ1) is 28.3. The monoisotopic (exact) mass is 512 g/mol. The highest BCUT2D eigenvalue weighted by molar-refractivity contribution is 5.74. The number of fused-ring (bicyclic) bond motifs is 1. The summed E-state index contributed by atoms with van der Waals surface area (Å²) in [7, 11) is 3.59. The number of ether oxygens (including phenoxy) is 3. The molecule has 1 saturated heterocycles. The van der Waals surface area contributed by atoms with Gasteiger partial charge in [0, 0.05) is 31.6 Å². The van der Waals surface area contributed by atoms with Crippen molar-refractivity contribution in [3.63, 3.8) is 0 Å². The summed E-state index contributed by atoms with van der Waals surface area (Å²) < 4.78 is 16.0. The lowest BCUT2D eigenvalue weighted by Gasteiger charge is -2.24. The summed E-state index contributed by atoms with van der Waals surface area (Å²) in [6.45, 7) is 11.1. The van der Waals surface area contributed by atoms with E-state index >= 15 is 0 Å². The number of hydrogen-bond donors (Lipinski definition) is 1. The fourth-order valence-electron chi connectivity index (χ4n) is 5.16. The maximum Gasteiger partial charge on any atom is 0.309 e. The van der Waals surface area contributed by atoms with E-state index in [2.05, 4.69) is 32.6 Å². The van der Waals surface area contributed by atoms with Gasteiger partial charge in [-0.05, 0) is 54.3 Å². The number of carboxylic acids is 1. The minimum absolute atomic E-state index is 0.126. The van der Waals surface area contributed by atoms with E-state index in [1.807, 2.05) is 54.4 Å². The Morgan fingerprint density at radius 3 is 2.19 bits per heavy atom. The second-order valence-corrected chi connectivity index (χ2v) is 10.6. The quantitative estimate of drug-likeness (QED) is 0.489. The van der Waals surface area contributed by atoms with E-state index in [0.29, 0.717) is 29.9 Å². The number of likely N-dealkylation sites (N-methyl/N-ethyl adjacent to an activating group) is 1. The molecule has 3 unspecified atom stereocenters. The van der Waals surface area contributed by atoms with Crippen LogP contribution in [0.15, 0.2) is 42.5 Å². The third-order valence-corrected chi connectivity index (χ3v) is 6.65. The second kappa shape index (κ2) is 12.8. The van der Waals surface area contributed by atoms with Crippen molar-refractivity contribution in [2.75, 3.05) is 40.6 Å². The molecule has 2 aliphatic rings. The summed E-state index contributed by atoms with van der Waals surface area (Å²) >= 11 is 0. The van der Waals surface area contributed by atoms with Crippen molar-refractivity contribution < 1.29 is 28.9 Å². The van der Waals surface area contributed by atoms with Crippen LogP contribution in [0.25, 0.3) is 0 Å². The van der Waals surface area contributed by atoms with Gasteiger partial charge >= 0.3 is 5.97 Å². The Morgan fingerprint density at radius 2 is 1.65 bits per heavy atom. The normalized spacial score (nSPS) is 20.5. The van der Waals surface area contributed by atoms with Crippen LogP contribution in [0.3, 0.4) is 0 Å². The Morgan fingerprint density at radius 1 is 1.05 bits per heavy atom. The number of hydrogen-bond acceptors (Lipinski definition) is 6. The number of amides is 1. The Hall–Kier alpha value is -3.26. The van der Waals surface area contributed by atoms with E-state index in [1.54, 1.807) is 7.11 Å². The third-order valence-electron chi connectivity index (χ3n) is 6.65. The van der Waals surface area contributed by atoms with Crippen molar-refractivity contribution in [1.29, 1.82) is 0 Å². The molecular formula is C29H40N2O6. The average Bonchev–Trinajstić information content (AvgIpc) is 3.47. The van der Waals surface area contributed by atoms with Gasteiger partial charge in [0.2, 0.25) is 13.2 Å². The van der Waals surface area contributed by atoms with E-state index in [9.17, 15) is 14.7 Å². The maximum absolute atomic E-state index is 12.2. The predicted molar refractivity (Wildman–Crippen MR) is 142 cm³/mol. The standard InChI is InChI=1S/C20H21NO5.C9H19NO/c1-21-10-15(13-5-8-16-17(9-13)26-11-25-16)18(20(22)23)19(21)12-3-6-14(24-2)7-4-12;1-8(2)5-10(7-11)6-9(3)4/h3-9,15,18-19H,10-11H2,1-2H3,(H,22,23);7-9H,5-6H2,1-4H3. The van der Waals surface area contributed by atoms with Gasteiger partial charge in [0.25, 0.3) is 0 Å². The molecule has 0 radical (unpaired) electrons. The van der Waals surface area contributed by atoms with Gasteiger partial charge in [0.05, 0.1) is 13.0 Å². The highest BCUT2D eigenvalue weighted by Crippen LogP contribution is 2.47. The number of carbonyl (C=O) groups is 2. The summed E-state index contributed by atoms with van der Waals surface area (Å²) in [6.07, 6.45) is 0.944. The van der Waals surface area contributed by atoms with Crippen molar-refractivity contribution >= 4 is 12.4 Å². The minimum atomic E-state index is -0.794. The Labute approximate surface area is 220 Å². The Bertz CT molecular complexity index is 1030. The van der Waals surface area contributed by atoms with Crippen LogP contribution in [0, 0.1) is 17.8 Å². The van der Waals surface area contributed by atoms with Gasteiger partial charge in [0.1, 0.15) is 5.75 Å². The van der Waals surface area contributed by atoms with Gasteiger partial charge in [0.15, 0.2) is 11.5 Å². The maximum atomic E-state index is 12.2. The van der Waals surface area contributed by atoms with Crippen LogP contribution in [0.5, 0.6) is 17.2 Å². The van der Waals surface area contributed by atoms with Crippen LogP contribution in [0.2, 0.25) is 0 Å². The third kappa shape index (κ3) is 7.16. The van der Waals surface area contributed by atoms with Crippen LogP contribution in [0.4, 0.5) is 0 Å². The van der Waals surface area contributed by atoms with E-state index < -0.39 is 11.9 Å². The van der Waals surface area contributed by atoms with Crippen LogP contribution in [0.1, 0.15) is 50.8 Å². The molecule has 37 heavy (non-hydrogen) atoms. The molecule has 1 N–H and O–H groups in total. The molecule has 202 valence electrons. The lowest BCUT2D eigenvalue weighted by atomic mass is 9.83. The number of nitrogens with zero attached hydrogens (tertiary/aromatic N) is 2. The van der Waals surface area contributed by atoms with Gasteiger partial charge < -0.3 is 24.2 Å². The average molecular weight is 513 g/mol. The van der Waals surface area contributed by atoms with Gasteiger partial charge in [-0.25, -0.2) is 0 Å². The van der Waals surface area contributed by atoms with Gasteiger partial charge in [-0.2, -0.15) is 0 Å². The van der Waals surface area contributed by atoms with Crippen molar-refractivity contribution in [2.45, 2.75) is 39.7 Å². The zero-order valence-electron chi connectivity index (χ0n) is 22.7. The molecule has 0 aliphatic carbocycles. The molecule has 2 heterocycles. The molecule has 8 nitrogen and oxygen atoms in total. The first-order valence-corrected chi connectivity index (χ1v) is 12.8. The number of benzene rings is 2. The molecular weight excluding hydrogens is 472 g/mol. The van der Waals surface area contributed by atoms with E-state index in [1.165, 1.54) is 0 Å². The van der Waals surface area contributed by atoms with E-state index in [0.717, 1.165) is 36.4 Å². The van der Waals surface area contributed by atoms with Crippen LogP contribution >= 0.6 is 0 Å². The highest BCUT2D eigenvalue weighted by Gasteiger charge is 2.46.